The van der Waals surface area contributed by atoms with Crippen molar-refractivity contribution in [3.8, 4) is 0 Å². The van der Waals surface area contributed by atoms with E-state index in [0.717, 1.165) is 44.3 Å². The van der Waals surface area contributed by atoms with Gasteiger partial charge in [0.15, 0.2) is 5.96 Å². The van der Waals surface area contributed by atoms with Gasteiger partial charge >= 0.3 is 0 Å². The molecule has 0 aliphatic rings. The number of carbonyl (C=O) groups is 1. The van der Waals surface area contributed by atoms with E-state index in [1.165, 1.54) is 0 Å². The summed E-state index contributed by atoms with van der Waals surface area (Å²) in [5.74, 6) is 2.13. The molecule has 126 valence electrons. The molecule has 2 N–H and O–H groups in total. The summed E-state index contributed by atoms with van der Waals surface area (Å²) in [7, 11) is 0. The lowest BCUT2D eigenvalue weighted by molar-refractivity contribution is -0.130. The maximum absolute atomic E-state index is 11.9. The number of carbonyl (C=O) groups excluding carboxylic acids is 1. The Kier molecular flexibility index (Phi) is 17.8. The van der Waals surface area contributed by atoms with E-state index >= 15 is 0 Å². The Morgan fingerprint density at radius 2 is 1.86 bits per heavy atom. The van der Waals surface area contributed by atoms with Crippen molar-refractivity contribution < 1.29 is 4.79 Å². The van der Waals surface area contributed by atoms with Gasteiger partial charge in [-0.15, -0.1) is 24.0 Å². The average molecular weight is 430 g/mol. The first-order valence-corrected chi connectivity index (χ1v) is 8.87. The van der Waals surface area contributed by atoms with Crippen LogP contribution in [0.4, 0.5) is 0 Å². The van der Waals surface area contributed by atoms with Crippen LogP contribution in [0.3, 0.4) is 0 Å². The molecule has 0 aromatic carbocycles. The van der Waals surface area contributed by atoms with Crippen molar-refractivity contribution in [3.05, 3.63) is 0 Å². The number of halogens is 1. The summed E-state index contributed by atoms with van der Waals surface area (Å²) in [5, 5.41) is 6.41. The maximum atomic E-state index is 11.9. The van der Waals surface area contributed by atoms with Crippen molar-refractivity contribution in [2.45, 2.75) is 33.6 Å². The van der Waals surface area contributed by atoms with Gasteiger partial charge in [0.25, 0.3) is 0 Å². The molecule has 0 aliphatic carbocycles. The van der Waals surface area contributed by atoms with Crippen molar-refractivity contribution in [1.82, 2.24) is 15.5 Å². The van der Waals surface area contributed by atoms with E-state index in [4.69, 9.17) is 0 Å². The largest absolute Gasteiger partial charge is 0.357 e. The van der Waals surface area contributed by atoms with Crippen LogP contribution in [0.1, 0.15) is 33.6 Å². The molecule has 0 atom stereocenters. The van der Waals surface area contributed by atoms with E-state index in [-0.39, 0.29) is 29.9 Å². The minimum atomic E-state index is 0. The van der Waals surface area contributed by atoms with E-state index < -0.39 is 0 Å². The Morgan fingerprint density at radius 1 is 1.19 bits per heavy atom. The van der Waals surface area contributed by atoms with Gasteiger partial charge in [0.05, 0.1) is 0 Å². The molecule has 0 radical (unpaired) electrons. The van der Waals surface area contributed by atoms with Crippen molar-refractivity contribution in [2.24, 2.45) is 4.99 Å². The lowest BCUT2D eigenvalue weighted by Gasteiger charge is -2.19. The van der Waals surface area contributed by atoms with Crippen molar-refractivity contribution in [2.75, 3.05) is 44.7 Å². The SMILES string of the molecule is CCNC(=NCCCSC)NCCC(=O)N(CC)CC.I. The second-order valence-corrected chi connectivity index (χ2v) is 5.34. The Labute approximate surface area is 151 Å². The zero-order valence-electron chi connectivity index (χ0n) is 13.8. The molecule has 21 heavy (non-hydrogen) atoms. The molecular formula is C14H31IN4OS. The lowest BCUT2D eigenvalue weighted by Crippen LogP contribution is -2.40. The fraction of sp³-hybridized carbons (Fsp3) is 0.857. The van der Waals surface area contributed by atoms with Crippen molar-refractivity contribution >= 4 is 47.6 Å². The summed E-state index contributed by atoms with van der Waals surface area (Å²) in [5.41, 5.74) is 0. The van der Waals surface area contributed by atoms with Gasteiger partial charge in [-0.1, -0.05) is 0 Å². The quantitative estimate of drug-likeness (QED) is 0.242. The highest BCUT2D eigenvalue weighted by Crippen LogP contribution is 1.95. The first kappa shape index (κ1) is 23.1. The molecule has 0 aromatic heterocycles. The van der Waals surface area contributed by atoms with Crippen LogP contribution in [0, 0.1) is 0 Å². The maximum Gasteiger partial charge on any atom is 0.224 e. The number of nitrogens with one attached hydrogen (secondary N) is 2. The third-order valence-corrected chi connectivity index (χ3v) is 3.57. The number of hydrogen-bond donors (Lipinski definition) is 2. The normalized spacial score (nSPS) is 10.8. The Morgan fingerprint density at radius 3 is 2.38 bits per heavy atom. The first-order chi connectivity index (χ1) is 9.69. The van der Waals surface area contributed by atoms with E-state index in [2.05, 4.69) is 21.9 Å². The highest BCUT2D eigenvalue weighted by molar-refractivity contribution is 14.0. The van der Waals surface area contributed by atoms with Gasteiger partial charge in [-0.2, -0.15) is 11.8 Å². The molecule has 0 fully saturated rings. The summed E-state index contributed by atoms with van der Waals surface area (Å²) in [6, 6.07) is 0. The molecule has 0 saturated heterocycles. The molecule has 5 nitrogen and oxygen atoms in total. The second-order valence-electron chi connectivity index (χ2n) is 4.35. The van der Waals surface area contributed by atoms with E-state index in [1.54, 1.807) is 0 Å². The number of thioether (sulfide) groups is 1. The van der Waals surface area contributed by atoms with Crippen LogP contribution in [0.5, 0.6) is 0 Å². The highest BCUT2D eigenvalue weighted by Gasteiger charge is 2.08. The molecule has 0 spiro atoms. The van der Waals surface area contributed by atoms with Crippen LogP contribution in [0.15, 0.2) is 4.99 Å². The summed E-state index contributed by atoms with van der Waals surface area (Å²) in [4.78, 5) is 18.2. The van der Waals surface area contributed by atoms with E-state index in [0.29, 0.717) is 13.0 Å². The van der Waals surface area contributed by atoms with Gasteiger partial charge in [-0.25, -0.2) is 0 Å². The summed E-state index contributed by atoms with van der Waals surface area (Å²) >= 11 is 1.84. The molecule has 0 heterocycles. The number of rotatable bonds is 10. The predicted octanol–water partition coefficient (Wildman–Crippen LogP) is 2.17. The molecule has 0 bridgehead atoms. The molecule has 0 aliphatic heterocycles. The summed E-state index contributed by atoms with van der Waals surface area (Å²) in [6.45, 7) is 9.89. The standard InChI is InChI=1S/C14H30N4OS.HI/c1-5-15-14(16-10-8-12-20-4)17-11-9-13(19)18(6-2)7-3;/h5-12H2,1-4H3,(H2,15,16,17);1H. The van der Waals surface area contributed by atoms with Crippen LogP contribution >= 0.6 is 35.7 Å². The third kappa shape index (κ3) is 12.1. The number of guanidine groups is 1. The molecule has 7 heteroatoms. The molecule has 0 unspecified atom stereocenters. The number of amides is 1. The van der Waals surface area contributed by atoms with Gasteiger partial charge in [-0.05, 0) is 39.2 Å². The number of aliphatic imine (C=N–C) groups is 1. The lowest BCUT2D eigenvalue weighted by atomic mass is 10.3. The number of nitrogens with zero attached hydrogens (tertiary/aromatic N) is 2. The Bertz CT molecular complexity index is 286. The van der Waals surface area contributed by atoms with Crippen LogP contribution < -0.4 is 10.6 Å². The molecule has 0 saturated carbocycles. The van der Waals surface area contributed by atoms with E-state index in [1.807, 2.05) is 37.4 Å². The highest BCUT2D eigenvalue weighted by atomic mass is 127. The molecule has 0 rings (SSSR count). The van der Waals surface area contributed by atoms with Gasteiger partial charge in [0, 0.05) is 39.1 Å². The summed E-state index contributed by atoms with van der Waals surface area (Å²) in [6.07, 6.45) is 3.69. The van der Waals surface area contributed by atoms with Gasteiger partial charge < -0.3 is 15.5 Å². The van der Waals surface area contributed by atoms with Crippen LogP contribution in [-0.4, -0.2) is 61.5 Å². The Balaban J connectivity index is 0. The third-order valence-electron chi connectivity index (χ3n) is 2.87. The van der Waals surface area contributed by atoms with Gasteiger partial charge in [-0.3, -0.25) is 9.79 Å². The first-order valence-electron chi connectivity index (χ1n) is 7.48. The molecule has 0 aromatic rings. The predicted molar refractivity (Wildman–Crippen MR) is 105 cm³/mol. The summed E-state index contributed by atoms with van der Waals surface area (Å²) < 4.78 is 0. The van der Waals surface area contributed by atoms with E-state index in [9.17, 15) is 4.79 Å². The van der Waals surface area contributed by atoms with Gasteiger partial charge in [0.1, 0.15) is 0 Å². The fourth-order valence-corrected chi connectivity index (χ4v) is 2.18. The monoisotopic (exact) mass is 430 g/mol. The van der Waals surface area contributed by atoms with Gasteiger partial charge in [0.2, 0.25) is 5.91 Å². The second kappa shape index (κ2) is 16.2. The minimum absolute atomic E-state index is 0. The zero-order chi connectivity index (χ0) is 15.2. The average Bonchev–Trinajstić information content (AvgIpc) is 2.44. The number of hydrogen-bond acceptors (Lipinski definition) is 3. The van der Waals surface area contributed by atoms with Crippen LogP contribution in [0.2, 0.25) is 0 Å². The van der Waals surface area contributed by atoms with Crippen molar-refractivity contribution in [3.63, 3.8) is 0 Å². The Hall–Kier alpha value is -0.180. The minimum Gasteiger partial charge on any atom is -0.357 e. The molecule has 1 amide bonds. The zero-order valence-corrected chi connectivity index (χ0v) is 16.9. The van der Waals surface area contributed by atoms with Crippen LogP contribution in [0.25, 0.3) is 0 Å². The fourth-order valence-electron chi connectivity index (χ4n) is 1.76. The molecular weight excluding hydrogens is 399 g/mol. The van der Waals surface area contributed by atoms with Crippen LogP contribution in [-0.2, 0) is 4.79 Å². The smallest absolute Gasteiger partial charge is 0.224 e. The van der Waals surface area contributed by atoms with Crippen molar-refractivity contribution in [1.29, 1.82) is 0 Å². The topological polar surface area (TPSA) is 56.7 Å².